The summed E-state index contributed by atoms with van der Waals surface area (Å²) in [5, 5.41) is 4.85. The molecule has 0 radical (unpaired) electrons. The minimum atomic E-state index is -0.619. The molecule has 0 bridgehead atoms. The van der Waals surface area contributed by atoms with Gasteiger partial charge in [0.25, 0.3) is 0 Å². The van der Waals surface area contributed by atoms with Gasteiger partial charge in [-0.1, -0.05) is 12.8 Å². The lowest BCUT2D eigenvalue weighted by molar-refractivity contribution is -0.0533. The quantitative estimate of drug-likeness (QED) is 0.678. The van der Waals surface area contributed by atoms with Crippen LogP contribution in [0.1, 0.15) is 55.0 Å². The van der Waals surface area contributed by atoms with Gasteiger partial charge >= 0.3 is 0 Å². The lowest BCUT2D eigenvalue weighted by atomic mass is 9.82. The Morgan fingerprint density at radius 3 is 2.61 bits per heavy atom. The summed E-state index contributed by atoms with van der Waals surface area (Å²) in [6, 6.07) is 3.21. The second-order valence-corrected chi connectivity index (χ2v) is 11.2. The first-order chi connectivity index (χ1) is 16.0. The monoisotopic (exact) mass is 475 g/mol. The highest BCUT2D eigenvalue weighted by molar-refractivity contribution is 7.95. The number of ether oxygens (including phenoxy) is 1. The summed E-state index contributed by atoms with van der Waals surface area (Å²) >= 11 is 1.75. The Morgan fingerprint density at radius 1 is 1.09 bits per heavy atom. The lowest BCUT2D eigenvalue weighted by Crippen LogP contribution is -2.47. The van der Waals surface area contributed by atoms with Crippen molar-refractivity contribution >= 4 is 12.1 Å². The van der Waals surface area contributed by atoms with E-state index in [1.54, 1.807) is 12.1 Å². The fourth-order valence-electron chi connectivity index (χ4n) is 6.15. The maximum absolute atomic E-state index is 14.2. The molecule has 1 aliphatic carbocycles. The molecule has 4 heterocycles. The summed E-state index contributed by atoms with van der Waals surface area (Å²) in [6.45, 7) is 4.39. The molecule has 1 aromatic heterocycles. The van der Waals surface area contributed by atoms with E-state index in [0.29, 0.717) is 13.0 Å². The van der Waals surface area contributed by atoms with E-state index in [9.17, 15) is 8.78 Å². The van der Waals surface area contributed by atoms with Crippen LogP contribution in [0.15, 0.2) is 24.4 Å². The molecule has 0 spiro atoms. The van der Waals surface area contributed by atoms with Crippen LogP contribution in [0, 0.1) is 23.5 Å². The smallest absolute Gasteiger partial charge is 0.129 e. The molecule has 3 aliphatic heterocycles. The summed E-state index contributed by atoms with van der Waals surface area (Å²) in [4.78, 5) is 2.34. The number of halogens is 2. The molecule has 6 rings (SSSR count). The van der Waals surface area contributed by atoms with Crippen LogP contribution in [0.4, 0.5) is 8.78 Å². The Hall–Kier alpha value is -1.52. The Bertz CT molecular complexity index is 981. The average molecular weight is 476 g/mol. The van der Waals surface area contributed by atoms with Gasteiger partial charge in [-0.15, -0.1) is 0 Å². The zero-order valence-electron chi connectivity index (χ0n) is 18.7. The average Bonchev–Trinajstić information content (AvgIpc) is 3.48. The van der Waals surface area contributed by atoms with E-state index in [0.717, 1.165) is 42.8 Å². The second-order valence-electron chi connectivity index (χ2n) is 10.1. The van der Waals surface area contributed by atoms with Crippen LogP contribution in [0.2, 0.25) is 0 Å². The molecule has 4 aliphatic rings. The van der Waals surface area contributed by atoms with Gasteiger partial charge < -0.3 is 10.5 Å². The normalized spacial score (nSPS) is 32.8. The standard InChI is InChI=1S/C24H31F2N5OS/c25-18-5-6-21(26)20(7-18)24-22(27)8-19(14-32-24)29-9-17-12-31(28-23(17)13-29)33-30-10-15-3-1-2-4-16(15)11-30/h5-7,12,15-16,19,22,24H,1-4,8-11,13-14,27H2/t15?,16?,19?,22?,24-/m1/s1. The zero-order chi connectivity index (χ0) is 22.5. The Kier molecular flexibility index (Phi) is 5.94. The Morgan fingerprint density at radius 2 is 1.88 bits per heavy atom. The van der Waals surface area contributed by atoms with Crippen molar-refractivity contribution in [3.8, 4) is 0 Å². The first-order valence-corrected chi connectivity index (χ1v) is 12.8. The molecule has 2 saturated heterocycles. The van der Waals surface area contributed by atoms with Crippen molar-refractivity contribution in [2.75, 3.05) is 19.7 Å². The maximum Gasteiger partial charge on any atom is 0.129 e. The van der Waals surface area contributed by atoms with Gasteiger partial charge in [0.05, 0.1) is 24.4 Å². The number of rotatable bonds is 4. The predicted molar refractivity (Wildman–Crippen MR) is 123 cm³/mol. The first-order valence-electron chi connectivity index (χ1n) is 12.1. The highest BCUT2D eigenvalue weighted by Crippen LogP contribution is 2.39. The molecule has 1 aromatic carbocycles. The summed E-state index contributed by atoms with van der Waals surface area (Å²) in [5.41, 5.74) is 8.95. The Labute approximate surface area is 197 Å². The van der Waals surface area contributed by atoms with Crippen LogP contribution in [0.5, 0.6) is 0 Å². The van der Waals surface area contributed by atoms with Crippen molar-refractivity contribution in [1.29, 1.82) is 0 Å². The lowest BCUT2D eigenvalue weighted by Gasteiger charge is -2.38. The molecule has 2 aromatic rings. The van der Waals surface area contributed by atoms with Crippen molar-refractivity contribution < 1.29 is 13.5 Å². The van der Waals surface area contributed by atoms with E-state index in [1.807, 2.05) is 4.09 Å². The van der Waals surface area contributed by atoms with Crippen LogP contribution in [-0.4, -0.2) is 50.2 Å². The molecule has 6 nitrogen and oxygen atoms in total. The molecule has 33 heavy (non-hydrogen) atoms. The largest absolute Gasteiger partial charge is 0.370 e. The number of aromatic nitrogens is 2. The predicted octanol–water partition coefficient (Wildman–Crippen LogP) is 3.87. The third-order valence-corrected chi connectivity index (χ3v) is 8.79. The molecule has 5 atom stereocenters. The molecule has 178 valence electrons. The molecule has 0 amide bonds. The molecule has 2 N–H and O–H groups in total. The van der Waals surface area contributed by atoms with Gasteiger partial charge in [-0.2, -0.15) is 9.19 Å². The van der Waals surface area contributed by atoms with Gasteiger partial charge in [0.2, 0.25) is 0 Å². The number of nitrogens with zero attached hydrogens (tertiary/aromatic N) is 4. The third kappa shape index (κ3) is 4.34. The molecule has 1 saturated carbocycles. The number of nitrogens with two attached hydrogens (primary N) is 1. The van der Waals surface area contributed by atoms with E-state index >= 15 is 0 Å². The zero-order valence-corrected chi connectivity index (χ0v) is 19.5. The van der Waals surface area contributed by atoms with E-state index in [-0.39, 0.29) is 17.6 Å². The van der Waals surface area contributed by atoms with E-state index < -0.39 is 17.7 Å². The summed E-state index contributed by atoms with van der Waals surface area (Å²) in [5.74, 6) is 0.783. The van der Waals surface area contributed by atoms with E-state index in [2.05, 4.69) is 15.4 Å². The van der Waals surface area contributed by atoms with Crippen LogP contribution < -0.4 is 5.73 Å². The van der Waals surface area contributed by atoms with Gasteiger partial charge in [0.1, 0.15) is 17.7 Å². The molecule has 4 unspecified atom stereocenters. The van der Waals surface area contributed by atoms with Crippen molar-refractivity contribution in [3.63, 3.8) is 0 Å². The summed E-state index contributed by atoms with van der Waals surface area (Å²) < 4.78 is 38.3. The SMILES string of the molecule is NC1CC(N2Cc3cn(SN4CC5CCCCC5C4)nc3C2)CO[C@@H]1c1cc(F)ccc1F. The van der Waals surface area contributed by atoms with Crippen molar-refractivity contribution in [3.05, 3.63) is 52.9 Å². The summed E-state index contributed by atoms with van der Waals surface area (Å²) in [6.07, 6.45) is 7.75. The third-order valence-electron chi connectivity index (χ3n) is 7.91. The molecule has 3 fully saturated rings. The maximum atomic E-state index is 14.2. The van der Waals surface area contributed by atoms with Gasteiger partial charge in [-0.3, -0.25) is 4.90 Å². The highest BCUT2D eigenvalue weighted by Gasteiger charge is 2.38. The first kappa shape index (κ1) is 22.0. The minimum absolute atomic E-state index is 0.143. The van der Waals surface area contributed by atoms with Gasteiger partial charge in [0, 0.05) is 55.6 Å². The minimum Gasteiger partial charge on any atom is -0.370 e. The van der Waals surface area contributed by atoms with Crippen molar-refractivity contribution in [2.24, 2.45) is 17.6 Å². The fraction of sp³-hybridized carbons (Fsp3) is 0.625. The number of fused-ring (bicyclic) bond motifs is 2. The summed E-state index contributed by atoms with van der Waals surface area (Å²) in [7, 11) is 0. The van der Waals surface area contributed by atoms with Crippen LogP contribution in [-0.2, 0) is 17.8 Å². The number of benzene rings is 1. The van der Waals surface area contributed by atoms with Gasteiger partial charge in [-0.05, 0) is 49.3 Å². The Balaban J connectivity index is 1.05. The molecular formula is C24H31F2N5OS. The van der Waals surface area contributed by atoms with Crippen LogP contribution in [0.25, 0.3) is 0 Å². The number of hydrogen-bond donors (Lipinski definition) is 1. The topological polar surface area (TPSA) is 59.5 Å². The van der Waals surface area contributed by atoms with Crippen molar-refractivity contribution in [1.82, 2.24) is 18.4 Å². The van der Waals surface area contributed by atoms with E-state index in [1.165, 1.54) is 50.4 Å². The highest BCUT2D eigenvalue weighted by atomic mass is 32.2. The number of hydrogen-bond acceptors (Lipinski definition) is 6. The second kappa shape index (κ2) is 8.92. The fourth-order valence-corrected chi connectivity index (χ4v) is 7.21. The molecular weight excluding hydrogens is 444 g/mol. The molecule has 9 heteroatoms. The van der Waals surface area contributed by atoms with Crippen LogP contribution >= 0.6 is 12.1 Å². The van der Waals surface area contributed by atoms with Gasteiger partial charge in [0.15, 0.2) is 0 Å². The van der Waals surface area contributed by atoms with Crippen molar-refractivity contribution in [2.45, 2.75) is 63.4 Å². The van der Waals surface area contributed by atoms with E-state index in [4.69, 9.17) is 15.6 Å². The van der Waals surface area contributed by atoms with Crippen LogP contribution in [0.3, 0.4) is 0 Å². The van der Waals surface area contributed by atoms with Gasteiger partial charge in [-0.25, -0.2) is 13.1 Å².